The van der Waals surface area contributed by atoms with Gasteiger partial charge < -0.3 is 9.47 Å². The highest BCUT2D eigenvalue weighted by atomic mass is 32.2. The molecule has 0 atom stereocenters. The fraction of sp³-hybridized carbons (Fsp3) is 0.214. The van der Waals surface area contributed by atoms with Gasteiger partial charge in [-0.05, 0) is 40.8 Å². The van der Waals surface area contributed by atoms with Crippen LogP contribution in [0.25, 0.3) is 10.9 Å². The zero-order chi connectivity index (χ0) is 27.5. The second kappa shape index (κ2) is 10.7. The third-order valence-electron chi connectivity index (χ3n) is 6.00. The molecule has 198 valence electrons. The number of rotatable bonds is 7. The molecular formula is C28H29N3O6S. The first-order valence-electron chi connectivity index (χ1n) is 11.8. The smallest absolute Gasteiger partial charge is 0.436 e. The maximum Gasteiger partial charge on any atom is 0.436 e. The van der Waals surface area contributed by atoms with Crippen molar-refractivity contribution in [2.24, 2.45) is 0 Å². The van der Waals surface area contributed by atoms with Gasteiger partial charge in [0, 0.05) is 5.39 Å². The van der Waals surface area contributed by atoms with E-state index in [9.17, 15) is 13.2 Å². The summed E-state index contributed by atoms with van der Waals surface area (Å²) in [6.45, 7) is 6.03. The van der Waals surface area contributed by atoms with Gasteiger partial charge >= 0.3 is 6.09 Å². The first-order chi connectivity index (χ1) is 18.1. The zero-order valence-electron chi connectivity index (χ0n) is 21.5. The largest absolute Gasteiger partial charge is 0.497 e. The third-order valence-corrected chi connectivity index (χ3v) is 7.76. The molecule has 0 fully saturated rings. The van der Waals surface area contributed by atoms with Crippen LogP contribution in [-0.2, 0) is 22.0 Å². The number of carbonyl (C=O) groups excluding carboxylic acids is 1. The fourth-order valence-corrected chi connectivity index (χ4v) is 5.64. The number of hydroxylamine groups is 1. The van der Waals surface area contributed by atoms with Gasteiger partial charge in [-0.1, -0.05) is 69.3 Å². The van der Waals surface area contributed by atoms with Gasteiger partial charge in [0.15, 0.2) is 5.75 Å². The minimum Gasteiger partial charge on any atom is -0.497 e. The number of aromatic nitrogens is 1. The van der Waals surface area contributed by atoms with Crippen LogP contribution in [0.4, 0.5) is 10.5 Å². The maximum absolute atomic E-state index is 14.2. The van der Waals surface area contributed by atoms with E-state index in [4.69, 9.17) is 14.7 Å². The van der Waals surface area contributed by atoms with Crippen LogP contribution in [0.5, 0.6) is 11.5 Å². The number of hydrogen-bond donors (Lipinski definition) is 2. The topological polar surface area (TPSA) is 118 Å². The number of para-hydroxylation sites is 1. The van der Waals surface area contributed by atoms with Crippen LogP contribution in [0.15, 0.2) is 83.9 Å². The highest BCUT2D eigenvalue weighted by molar-refractivity contribution is 7.92. The van der Waals surface area contributed by atoms with Gasteiger partial charge in [-0.25, -0.2) is 18.7 Å². The number of anilines is 1. The zero-order valence-corrected chi connectivity index (χ0v) is 22.3. The Morgan fingerprint density at radius 1 is 1.00 bits per heavy atom. The van der Waals surface area contributed by atoms with Crippen LogP contribution in [0.1, 0.15) is 31.9 Å². The Labute approximate surface area is 221 Å². The molecule has 0 aliphatic carbocycles. The first kappa shape index (κ1) is 26.9. The maximum atomic E-state index is 14.2. The average Bonchev–Trinajstić information content (AvgIpc) is 2.91. The Balaban J connectivity index is 2.04. The van der Waals surface area contributed by atoms with E-state index in [1.54, 1.807) is 18.2 Å². The van der Waals surface area contributed by atoms with E-state index in [-0.39, 0.29) is 28.3 Å². The number of fused-ring (bicyclic) bond motifs is 1. The van der Waals surface area contributed by atoms with Crippen LogP contribution in [0, 0.1) is 0 Å². The van der Waals surface area contributed by atoms with Crippen molar-refractivity contribution in [1.29, 1.82) is 0 Å². The molecule has 0 saturated carbocycles. The van der Waals surface area contributed by atoms with Gasteiger partial charge in [-0.2, -0.15) is 0 Å². The normalized spacial score (nSPS) is 11.7. The van der Waals surface area contributed by atoms with E-state index in [0.717, 1.165) is 5.56 Å². The minimum atomic E-state index is -4.21. The Bertz CT molecular complexity index is 1550. The van der Waals surface area contributed by atoms with Crippen LogP contribution in [0.2, 0.25) is 0 Å². The Morgan fingerprint density at radius 2 is 1.68 bits per heavy atom. The van der Waals surface area contributed by atoms with Crippen molar-refractivity contribution in [3.8, 4) is 11.5 Å². The van der Waals surface area contributed by atoms with E-state index in [1.165, 1.54) is 35.2 Å². The lowest BCUT2D eigenvalue weighted by Crippen LogP contribution is -2.32. The van der Waals surface area contributed by atoms with E-state index >= 15 is 0 Å². The molecular weight excluding hydrogens is 506 g/mol. The molecule has 2 N–H and O–H groups in total. The summed E-state index contributed by atoms with van der Waals surface area (Å²) in [5, 5.41) is 9.59. The van der Waals surface area contributed by atoms with Crippen molar-refractivity contribution in [2.45, 2.75) is 37.6 Å². The number of nitrogens with one attached hydrogen (secondary N) is 1. The summed E-state index contributed by atoms with van der Waals surface area (Å²) in [4.78, 5) is 16.6. The second-order valence-electron chi connectivity index (χ2n) is 9.60. The Kier molecular flexibility index (Phi) is 7.56. The minimum absolute atomic E-state index is 0.0173. The molecule has 1 aromatic heterocycles. The molecule has 10 heteroatoms. The van der Waals surface area contributed by atoms with E-state index in [1.807, 2.05) is 63.2 Å². The van der Waals surface area contributed by atoms with E-state index < -0.39 is 16.1 Å². The molecule has 0 aliphatic rings. The first-order valence-corrected chi connectivity index (χ1v) is 13.2. The van der Waals surface area contributed by atoms with Gasteiger partial charge in [0.05, 0.1) is 30.3 Å². The number of sulfonamides is 1. The number of amides is 1. The lowest BCUT2D eigenvalue weighted by atomic mass is 9.85. The number of ether oxygens (including phenoxy) is 2. The van der Waals surface area contributed by atoms with Gasteiger partial charge in [0.1, 0.15) is 11.4 Å². The van der Waals surface area contributed by atoms with Gasteiger partial charge in [0.25, 0.3) is 10.0 Å². The summed E-state index contributed by atoms with van der Waals surface area (Å²) in [6, 6.07) is 20.6. The summed E-state index contributed by atoms with van der Waals surface area (Å²) < 4.78 is 40.2. The third kappa shape index (κ3) is 5.41. The van der Waals surface area contributed by atoms with Crippen LogP contribution in [0.3, 0.4) is 0 Å². The average molecular weight is 536 g/mol. The van der Waals surface area contributed by atoms with E-state index in [2.05, 4.69) is 4.98 Å². The molecule has 0 spiro atoms. The van der Waals surface area contributed by atoms with Crippen molar-refractivity contribution in [3.05, 3.63) is 90.1 Å². The fourth-order valence-electron chi connectivity index (χ4n) is 4.16. The Hall–Kier alpha value is -4.15. The molecule has 1 heterocycles. The molecule has 0 saturated heterocycles. The van der Waals surface area contributed by atoms with Crippen molar-refractivity contribution >= 4 is 32.7 Å². The van der Waals surface area contributed by atoms with Crippen molar-refractivity contribution in [1.82, 2.24) is 10.5 Å². The number of benzene rings is 3. The highest BCUT2D eigenvalue weighted by Gasteiger charge is 2.32. The van der Waals surface area contributed by atoms with Gasteiger partial charge in [-0.3, -0.25) is 14.5 Å². The van der Waals surface area contributed by atoms with Gasteiger partial charge in [0.2, 0.25) is 0 Å². The lowest BCUT2D eigenvalue weighted by Gasteiger charge is -2.29. The highest BCUT2D eigenvalue weighted by Crippen LogP contribution is 2.42. The van der Waals surface area contributed by atoms with Gasteiger partial charge in [-0.15, -0.1) is 0 Å². The van der Waals surface area contributed by atoms with Crippen molar-refractivity contribution < 1.29 is 27.9 Å². The molecule has 0 bridgehead atoms. The number of hydrogen-bond acceptors (Lipinski definition) is 7. The standard InChI is InChI=1S/C28H29N3O6S/c1-28(2,3)23-12-8-11-22-25(23)29-17-24(37-27(32)30-33)26(22)31(18-19-9-6-5-7-10-19)38(34,35)21-15-13-20(36-4)14-16-21/h5-17,33H,18H2,1-4H3,(H,30,32). The molecule has 4 rings (SSSR count). The van der Waals surface area contributed by atoms with E-state index in [0.29, 0.717) is 22.2 Å². The molecule has 1 amide bonds. The summed E-state index contributed by atoms with van der Waals surface area (Å²) in [6.07, 6.45) is 0.116. The quantitative estimate of drug-likeness (QED) is 0.240. The van der Waals surface area contributed by atoms with Crippen molar-refractivity contribution in [3.63, 3.8) is 0 Å². The monoisotopic (exact) mass is 535 g/mol. The second-order valence-corrected chi connectivity index (χ2v) is 11.5. The summed E-state index contributed by atoms with van der Waals surface area (Å²) in [7, 11) is -2.71. The Morgan fingerprint density at radius 3 is 2.29 bits per heavy atom. The number of nitrogens with zero attached hydrogens (tertiary/aromatic N) is 2. The molecule has 38 heavy (non-hydrogen) atoms. The number of methoxy groups -OCH3 is 1. The van der Waals surface area contributed by atoms with Crippen LogP contribution >= 0.6 is 0 Å². The predicted octanol–water partition coefficient (Wildman–Crippen LogP) is 5.41. The summed E-state index contributed by atoms with van der Waals surface area (Å²) in [5.74, 6) is 0.370. The molecule has 4 aromatic rings. The SMILES string of the molecule is COc1ccc(S(=O)(=O)N(Cc2ccccc2)c2c(OC(=O)NO)cnc3c(C(C)(C)C)cccc23)cc1. The predicted molar refractivity (Wildman–Crippen MR) is 144 cm³/mol. The van der Waals surface area contributed by atoms with Crippen LogP contribution < -0.4 is 19.3 Å². The molecule has 9 nitrogen and oxygen atoms in total. The summed E-state index contributed by atoms with van der Waals surface area (Å²) in [5.41, 5.74) is 3.39. The molecule has 0 unspecified atom stereocenters. The molecule has 0 aliphatic heterocycles. The lowest BCUT2D eigenvalue weighted by molar-refractivity contribution is 0.127. The number of carbonyl (C=O) groups is 1. The molecule has 0 radical (unpaired) electrons. The summed E-state index contributed by atoms with van der Waals surface area (Å²) >= 11 is 0. The van der Waals surface area contributed by atoms with Crippen LogP contribution in [-0.4, -0.2) is 31.8 Å². The molecule has 3 aromatic carbocycles. The number of pyridine rings is 1. The van der Waals surface area contributed by atoms with Crippen molar-refractivity contribution in [2.75, 3.05) is 11.4 Å².